The van der Waals surface area contributed by atoms with Gasteiger partial charge in [-0.05, 0) is 41.2 Å². The first-order valence-electron chi connectivity index (χ1n) is 9.51. The average molecular weight is 449 g/mol. The number of ether oxygens (including phenoxy) is 1. The minimum Gasteiger partial charge on any atom is -0.457 e. The second-order valence-corrected chi connectivity index (χ2v) is 8.30. The minimum absolute atomic E-state index is 0.489. The zero-order chi connectivity index (χ0) is 22.8. The van der Waals surface area contributed by atoms with E-state index in [0.717, 1.165) is 6.08 Å². The molecule has 3 rings (SSSR count). The number of nitrogens with zero attached hydrogens (tertiary/aromatic N) is 1. The second kappa shape index (κ2) is 8.64. The molecule has 1 aliphatic rings. The molecule has 2 aromatic rings. The molecule has 4 nitrogen and oxygen atoms in total. The van der Waals surface area contributed by atoms with E-state index in [9.17, 15) is 23.2 Å². The molecule has 0 heterocycles. The van der Waals surface area contributed by atoms with E-state index >= 15 is 0 Å². The van der Waals surface area contributed by atoms with Crippen LogP contribution in [-0.2, 0) is 4.79 Å². The Kier molecular flexibility index (Phi) is 6.33. The highest BCUT2D eigenvalue weighted by Crippen LogP contribution is 2.60. The molecule has 8 heteroatoms. The molecule has 0 saturated heterocycles. The Hall–Kier alpha value is -2.98. The lowest BCUT2D eigenvalue weighted by molar-refractivity contribution is -0.123. The van der Waals surface area contributed by atoms with Crippen LogP contribution in [0.2, 0.25) is 0 Å². The number of amides is 1. The quantitative estimate of drug-likeness (QED) is 0.579. The molecule has 1 aliphatic carbocycles. The number of carbonyl (C=O) groups excluding carboxylic acids is 1. The average Bonchev–Trinajstić information content (AvgIpc) is 3.26. The van der Waals surface area contributed by atoms with Gasteiger partial charge in [-0.2, -0.15) is 18.4 Å². The van der Waals surface area contributed by atoms with Crippen LogP contribution in [0.4, 0.5) is 13.2 Å². The Labute approximate surface area is 183 Å². The van der Waals surface area contributed by atoms with Crippen molar-refractivity contribution in [3.63, 3.8) is 0 Å². The van der Waals surface area contributed by atoms with Crippen LogP contribution in [0, 0.1) is 28.6 Å². The summed E-state index contributed by atoms with van der Waals surface area (Å²) in [7, 11) is 0. The Morgan fingerprint density at radius 3 is 2.45 bits per heavy atom. The summed E-state index contributed by atoms with van der Waals surface area (Å²) in [5.74, 6) is -0.786. The molecule has 1 amide bonds. The van der Waals surface area contributed by atoms with Crippen molar-refractivity contribution in [1.82, 2.24) is 5.32 Å². The summed E-state index contributed by atoms with van der Waals surface area (Å²) in [6.07, 6.45) is -3.78. The van der Waals surface area contributed by atoms with Crippen molar-refractivity contribution in [1.29, 1.82) is 5.26 Å². The highest BCUT2D eigenvalue weighted by atomic mass is 35.5. The SMILES string of the molecule is CC1(C)C(/C=C(\Cl)C(F)(F)F)C1C(=O)NC(C#N)c1cccc(Oc2ccccc2)c1. The van der Waals surface area contributed by atoms with Gasteiger partial charge in [-0.3, -0.25) is 4.79 Å². The van der Waals surface area contributed by atoms with Crippen molar-refractivity contribution < 1.29 is 22.7 Å². The fourth-order valence-electron chi connectivity index (χ4n) is 3.55. The number of hydrogen-bond acceptors (Lipinski definition) is 3. The molecule has 2 aromatic carbocycles. The smallest absolute Gasteiger partial charge is 0.426 e. The highest BCUT2D eigenvalue weighted by molar-refractivity contribution is 6.30. The van der Waals surface area contributed by atoms with Crippen molar-refractivity contribution >= 4 is 17.5 Å². The van der Waals surface area contributed by atoms with Crippen molar-refractivity contribution in [2.24, 2.45) is 17.3 Å². The van der Waals surface area contributed by atoms with E-state index in [0.29, 0.717) is 17.1 Å². The van der Waals surface area contributed by atoms with Crippen molar-refractivity contribution in [3.05, 3.63) is 71.3 Å². The topological polar surface area (TPSA) is 62.1 Å². The molecule has 0 aromatic heterocycles. The molecule has 1 saturated carbocycles. The van der Waals surface area contributed by atoms with Crippen molar-refractivity contribution in [3.8, 4) is 17.6 Å². The summed E-state index contributed by atoms with van der Waals surface area (Å²) in [5, 5.41) is 10.9. The summed E-state index contributed by atoms with van der Waals surface area (Å²) in [4.78, 5) is 12.7. The molecule has 1 fully saturated rings. The summed E-state index contributed by atoms with van der Waals surface area (Å²) in [6, 6.07) is 16.8. The standard InChI is InChI=1S/C23H20ClF3N2O2/c1-22(2)17(12-19(24)23(25,26)27)20(22)21(30)29-18(13-28)14-7-6-10-16(11-14)31-15-8-4-3-5-9-15/h3-12,17-18,20H,1-2H3,(H,29,30)/b19-12-. The number of hydrogen-bond donors (Lipinski definition) is 1. The number of para-hydroxylation sites is 1. The summed E-state index contributed by atoms with van der Waals surface area (Å²) in [5.41, 5.74) is -0.198. The Morgan fingerprint density at radius 1 is 1.19 bits per heavy atom. The number of nitrogens with one attached hydrogen (secondary N) is 1. The normalized spacial score (nSPS) is 21.0. The molecule has 162 valence electrons. The van der Waals surface area contributed by atoms with Gasteiger partial charge in [0.2, 0.25) is 5.91 Å². The largest absolute Gasteiger partial charge is 0.457 e. The van der Waals surface area contributed by atoms with Gasteiger partial charge in [0.15, 0.2) is 0 Å². The lowest BCUT2D eigenvalue weighted by atomic mass is 10.1. The number of carbonyl (C=O) groups is 1. The minimum atomic E-state index is -4.66. The van der Waals surface area contributed by atoms with Crippen LogP contribution in [-0.4, -0.2) is 12.1 Å². The van der Waals surface area contributed by atoms with Gasteiger partial charge in [0.05, 0.1) is 12.0 Å². The van der Waals surface area contributed by atoms with Crippen LogP contribution in [0.5, 0.6) is 11.5 Å². The number of rotatable bonds is 6. The van der Waals surface area contributed by atoms with Gasteiger partial charge in [-0.25, -0.2) is 0 Å². The van der Waals surface area contributed by atoms with Crippen LogP contribution < -0.4 is 10.1 Å². The van der Waals surface area contributed by atoms with Crippen LogP contribution >= 0.6 is 11.6 Å². The second-order valence-electron chi connectivity index (χ2n) is 7.90. The van der Waals surface area contributed by atoms with Gasteiger partial charge in [-0.15, -0.1) is 0 Å². The Balaban J connectivity index is 1.72. The summed E-state index contributed by atoms with van der Waals surface area (Å²) < 4.78 is 44.0. The van der Waals surface area contributed by atoms with Gasteiger partial charge in [0.25, 0.3) is 0 Å². The number of halogens is 4. The van der Waals surface area contributed by atoms with E-state index < -0.39 is 40.4 Å². The third kappa shape index (κ3) is 5.20. The maximum atomic E-state index is 12.7. The molecule has 31 heavy (non-hydrogen) atoms. The van der Waals surface area contributed by atoms with Crippen LogP contribution in [0.1, 0.15) is 25.5 Å². The van der Waals surface area contributed by atoms with Gasteiger partial charge in [0.1, 0.15) is 22.6 Å². The van der Waals surface area contributed by atoms with E-state index in [2.05, 4.69) is 5.32 Å². The van der Waals surface area contributed by atoms with Gasteiger partial charge < -0.3 is 10.1 Å². The van der Waals surface area contributed by atoms with E-state index in [1.54, 1.807) is 50.2 Å². The summed E-state index contributed by atoms with van der Waals surface area (Å²) >= 11 is 5.34. The monoisotopic (exact) mass is 448 g/mol. The third-order valence-corrected chi connectivity index (χ3v) is 5.72. The lowest BCUT2D eigenvalue weighted by Gasteiger charge is -2.14. The number of alkyl halides is 3. The molecule has 0 spiro atoms. The van der Waals surface area contributed by atoms with E-state index in [1.807, 2.05) is 24.3 Å². The predicted molar refractivity (Wildman–Crippen MR) is 110 cm³/mol. The number of benzene rings is 2. The fourth-order valence-corrected chi connectivity index (χ4v) is 3.68. The predicted octanol–water partition coefficient (Wildman–Crippen LogP) is 6.12. The first-order chi connectivity index (χ1) is 14.5. The maximum Gasteiger partial charge on any atom is 0.426 e. The van der Waals surface area contributed by atoms with Crippen LogP contribution in [0.25, 0.3) is 0 Å². The van der Waals surface area contributed by atoms with E-state index in [4.69, 9.17) is 16.3 Å². The zero-order valence-corrected chi connectivity index (χ0v) is 17.5. The molecular formula is C23H20ClF3N2O2. The highest BCUT2D eigenvalue weighted by Gasteiger charge is 2.61. The van der Waals surface area contributed by atoms with Gasteiger partial charge >= 0.3 is 6.18 Å². The number of allylic oxidation sites excluding steroid dienone is 2. The molecule has 3 atom stereocenters. The Bertz CT molecular complexity index is 1030. The van der Waals surface area contributed by atoms with Crippen LogP contribution in [0.3, 0.4) is 0 Å². The fraction of sp³-hybridized carbons (Fsp3) is 0.304. The van der Waals surface area contributed by atoms with Gasteiger partial charge in [-0.1, -0.05) is 61.9 Å². The van der Waals surface area contributed by atoms with Gasteiger partial charge in [0, 0.05) is 0 Å². The molecule has 1 N–H and O–H groups in total. The molecule has 3 unspecified atom stereocenters. The van der Waals surface area contributed by atoms with E-state index in [-0.39, 0.29) is 0 Å². The van der Waals surface area contributed by atoms with Crippen molar-refractivity contribution in [2.75, 3.05) is 0 Å². The molecular weight excluding hydrogens is 429 g/mol. The van der Waals surface area contributed by atoms with Crippen LogP contribution in [0.15, 0.2) is 65.7 Å². The lowest BCUT2D eigenvalue weighted by Crippen LogP contribution is -2.30. The summed E-state index contributed by atoms with van der Waals surface area (Å²) in [6.45, 7) is 3.38. The zero-order valence-electron chi connectivity index (χ0n) is 16.8. The van der Waals surface area contributed by atoms with Crippen molar-refractivity contribution in [2.45, 2.75) is 26.1 Å². The first-order valence-corrected chi connectivity index (χ1v) is 9.89. The molecule has 0 radical (unpaired) electrons. The van der Waals surface area contributed by atoms with E-state index in [1.165, 1.54) is 0 Å². The maximum absolute atomic E-state index is 12.7. The molecule has 0 bridgehead atoms. The molecule has 0 aliphatic heterocycles. The third-order valence-electron chi connectivity index (χ3n) is 5.38. The Morgan fingerprint density at radius 2 is 1.84 bits per heavy atom. The number of nitriles is 1. The first kappa shape index (κ1) is 22.7.